The van der Waals surface area contributed by atoms with Gasteiger partial charge in [0.05, 0.1) is 0 Å². The SMILES string of the molecule is CCN1CCCC1CNC(=O)C1CCN(S(=O)(=O)c2c(C)noc2/C=C/c2c(C)cc(C)cc2C)CC1. The number of likely N-dealkylation sites (N-methyl/N-ethyl adjacent to an activating group) is 1. The Morgan fingerprint density at radius 2 is 1.76 bits per heavy atom. The van der Waals surface area contributed by atoms with Crippen molar-refractivity contribution in [2.24, 2.45) is 5.92 Å². The van der Waals surface area contributed by atoms with Crippen LogP contribution in [-0.2, 0) is 14.8 Å². The molecule has 9 heteroatoms. The Morgan fingerprint density at radius 3 is 2.41 bits per heavy atom. The van der Waals surface area contributed by atoms with Crippen LogP contribution < -0.4 is 5.32 Å². The van der Waals surface area contributed by atoms with Gasteiger partial charge in [-0.3, -0.25) is 9.69 Å². The molecule has 2 fully saturated rings. The van der Waals surface area contributed by atoms with Crippen molar-refractivity contribution >= 4 is 28.1 Å². The summed E-state index contributed by atoms with van der Waals surface area (Å²) in [5, 5.41) is 7.09. The summed E-state index contributed by atoms with van der Waals surface area (Å²) in [6, 6.07) is 4.61. The van der Waals surface area contributed by atoms with Gasteiger partial charge in [-0.25, -0.2) is 8.42 Å². The lowest BCUT2D eigenvalue weighted by molar-refractivity contribution is -0.126. The second kappa shape index (κ2) is 11.5. The molecular formula is C28H40N4O4S. The molecule has 37 heavy (non-hydrogen) atoms. The van der Waals surface area contributed by atoms with Gasteiger partial charge in [0.15, 0.2) is 10.7 Å². The number of hydrogen-bond acceptors (Lipinski definition) is 6. The summed E-state index contributed by atoms with van der Waals surface area (Å²) in [7, 11) is -3.81. The lowest BCUT2D eigenvalue weighted by Crippen LogP contribution is -2.46. The number of piperidine rings is 1. The van der Waals surface area contributed by atoms with Gasteiger partial charge in [0.1, 0.15) is 5.69 Å². The maximum absolute atomic E-state index is 13.6. The molecule has 202 valence electrons. The molecule has 2 aromatic rings. The molecule has 1 N–H and O–H groups in total. The van der Waals surface area contributed by atoms with Crippen molar-refractivity contribution in [2.45, 2.75) is 71.2 Å². The Kier molecular flexibility index (Phi) is 8.56. The van der Waals surface area contributed by atoms with Crippen LogP contribution in [0.4, 0.5) is 0 Å². The topological polar surface area (TPSA) is 95.8 Å². The minimum absolute atomic E-state index is 0.0358. The van der Waals surface area contributed by atoms with Crippen molar-refractivity contribution in [3.63, 3.8) is 0 Å². The second-order valence-electron chi connectivity index (χ2n) is 10.5. The zero-order chi connectivity index (χ0) is 26.7. The number of sulfonamides is 1. The summed E-state index contributed by atoms with van der Waals surface area (Å²) < 4.78 is 34.1. The average Bonchev–Trinajstić information content (AvgIpc) is 3.48. The predicted octanol–water partition coefficient (Wildman–Crippen LogP) is 4.08. The molecule has 1 amide bonds. The minimum Gasteiger partial charge on any atom is -0.355 e. The van der Waals surface area contributed by atoms with Gasteiger partial charge in [0.25, 0.3) is 0 Å². The van der Waals surface area contributed by atoms with Crippen molar-refractivity contribution in [2.75, 3.05) is 32.7 Å². The second-order valence-corrected chi connectivity index (χ2v) is 12.3. The van der Waals surface area contributed by atoms with Gasteiger partial charge in [-0.1, -0.05) is 35.9 Å². The van der Waals surface area contributed by atoms with Gasteiger partial charge >= 0.3 is 0 Å². The predicted molar refractivity (Wildman–Crippen MR) is 146 cm³/mol. The lowest BCUT2D eigenvalue weighted by atomic mass is 9.97. The van der Waals surface area contributed by atoms with Crippen LogP contribution in [-0.4, -0.2) is 67.5 Å². The molecule has 3 heterocycles. The zero-order valence-electron chi connectivity index (χ0n) is 22.7. The molecular weight excluding hydrogens is 488 g/mol. The molecule has 0 radical (unpaired) electrons. The fraction of sp³-hybridized carbons (Fsp3) is 0.571. The van der Waals surface area contributed by atoms with Crippen LogP contribution in [0.5, 0.6) is 0 Å². The molecule has 1 aromatic carbocycles. The summed E-state index contributed by atoms with van der Waals surface area (Å²) in [6.45, 7) is 13.3. The first kappa shape index (κ1) is 27.5. The largest absolute Gasteiger partial charge is 0.355 e. The molecule has 2 aliphatic heterocycles. The number of carbonyl (C=O) groups excluding carboxylic acids is 1. The molecule has 0 saturated carbocycles. The van der Waals surface area contributed by atoms with Gasteiger partial charge in [-0.2, -0.15) is 4.31 Å². The van der Waals surface area contributed by atoms with Crippen molar-refractivity contribution in [1.29, 1.82) is 0 Å². The van der Waals surface area contributed by atoms with E-state index in [0.717, 1.165) is 36.2 Å². The van der Waals surface area contributed by atoms with Crippen LogP contribution in [0.1, 0.15) is 66.3 Å². The van der Waals surface area contributed by atoms with Gasteiger partial charge < -0.3 is 9.84 Å². The lowest BCUT2D eigenvalue weighted by Gasteiger charge is -2.31. The van der Waals surface area contributed by atoms with Crippen LogP contribution in [0, 0.1) is 33.6 Å². The van der Waals surface area contributed by atoms with Crippen molar-refractivity contribution < 1.29 is 17.7 Å². The van der Waals surface area contributed by atoms with E-state index in [9.17, 15) is 13.2 Å². The van der Waals surface area contributed by atoms with Crippen molar-refractivity contribution in [3.8, 4) is 0 Å². The Labute approximate surface area is 221 Å². The molecule has 1 atom stereocenters. The number of aryl methyl sites for hydroxylation is 4. The van der Waals surface area contributed by atoms with E-state index in [2.05, 4.69) is 41.4 Å². The quantitative estimate of drug-likeness (QED) is 0.555. The molecule has 1 aromatic heterocycles. The van der Waals surface area contributed by atoms with E-state index in [4.69, 9.17) is 4.52 Å². The highest BCUT2D eigenvalue weighted by atomic mass is 32.2. The Morgan fingerprint density at radius 1 is 1.08 bits per heavy atom. The van der Waals surface area contributed by atoms with Crippen molar-refractivity contribution in [3.05, 3.63) is 45.8 Å². The zero-order valence-corrected chi connectivity index (χ0v) is 23.5. The fourth-order valence-corrected chi connectivity index (χ4v) is 7.52. The number of hydrogen-bond donors (Lipinski definition) is 1. The summed E-state index contributed by atoms with van der Waals surface area (Å²) in [5.74, 6) is 0.0979. The number of amides is 1. The number of carbonyl (C=O) groups is 1. The third-order valence-electron chi connectivity index (χ3n) is 7.81. The summed E-state index contributed by atoms with van der Waals surface area (Å²) in [4.78, 5) is 15.3. The molecule has 0 bridgehead atoms. The fourth-order valence-electron chi connectivity index (χ4n) is 5.80. The highest BCUT2D eigenvalue weighted by Crippen LogP contribution is 2.30. The van der Waals surface area contributed by atoms with E-state index >= 15 is 0 Å². The maximum atomic E-state index is 13.6. The summed E-state index contributed by atoms with van der Waals surface area (Å²) in [6.07, 6.45) is 6.88. The average molecular weight is 529 g/mol. The van der Waals surface area contributed by atoms with E-state index in [1.807, 2.05) is 19.9 Å². The summed E-state index contributed by atoms with van der Waals surface area (Å²) >= 11 is 0. The van der Waals surface area contributed by atoms with E-state index < -0.39 is 10.0 Å². The Balaban J connectivity index is 1.42. The maximum Gasteiger partial charge on any atom is 0.248 e. The van der Waals surface area contributed by atoms with Crippen molar-refractivity contribution in [1.82, 2.24) is 19.7 Å². The first-order valence-electron chi connectivity index (χ1n) is 13.4. The monoisotopic (exact) mass is 528 g/mol. The molecule has 0 spiro atoms. The molecule has 4 rings (SSSR count). The molecule has 1 unspecified atom stereocenters. The number of aromatic nitrogens is 1. The Hall–Kier alpha value is -2.49. The van der Waals surface area contributed by atoms with Gasteiger partial charge in [0.2, 0.25) is 15.9 Å². The van der Waals surface area contributed by atoms with Gasteiger partial charge in [-0.15, -0.1) is 0 Å². The molecule has 2 aliphatic rings. The molecule has 8 nitrogen and oxygen atoms in total. The van der Waals surface area contributed by atoms with Crippen LogP contribution in [0.2, 0.25) is 0 Å². The van der Waals surface area contributed by atoms with Crippen LogP contribution in [0.15, 0.2) is 21.6 Å². The van der Waals surface area contributed by atoms with E-state index in [1.54, 1.807) is 13.0 Å². The number of likely N-dealkylation sites (tertiary alicyclic amines) is 1. The highest BCUT2D eigenvalue weighted by Gasteiger charge is 2.36. The third-order valence-corrected chi connectivity index (χ3v) is 9.87. The van der Waals surface area contributed by atoms with E-state index in [-0.39, 0.29) is 22.5 Å². The normalized spacial score (nSPS) is 20.2. The first-order chi connectivity index (χ1) is 17.6. The first-order valence-corrected chi connectivity index (χ1v) is 14.8. The number of nitrogens with zero attached hydrogens (tertiary/aromatic N) is 3. The molecule has 0 aliphatic carbocycles. The molecule has 2 saturated heterocycles. The standard InChI is InChI=1S/C28H40N4O4S/c1-6-31-13-7-8-24(31)18-29-28(33)23-11-14-32(15-12-23)37(34,35)27-22(5)30-36-26(27)10-9-25-20(3)16-19(2)17-21(25)4/h9-10,16-17,23-24H,6-8,11-15,18H2,1-5H3,(H,29,33)/b10-9+. The van der Waals surface area contributed by atoms with E-state index in [0.29, 0.717) is 44.2 Å². The van der Waals surface area contributed by atoms with Crippen LogP contribution >= 0.6 is 0 Å². The highest BCUT2D eigenvalue weighted by molar-refractivity contribution is 7.89. The summed E-state index contributed by atoms with van der Waals surface area (Å²) in [5.41, 5.74) is 4.79. The third kappa shape index (κ3) is 5.99. The number of benzene rings is 1. The Bertz CT molecular complexity index is 1240. The number of rotatable bonds is 8. The van der Waals surface area contributed by atoms with Crippen LogP contribution in [0.25, 0.3) is 12.2 Å². The minimum atomic E-state index is -3.81. The van der Waals surface area contributed by atoms with Crippen LogP contribution in [0.3, 0.4) is 0 Å². The van der Waals surface area contributed by atoms with E-state index in [1.165, 1.54) is 16.3 Å². The number of nitrogens with one attached hydrogen (secondary N) is 1. The van der Waals surface area contributed by atoms with Gasteiger partial charge in [0, 0.05) is 31.6 Å². The van der Waals surface area contributed by atoms with Gasteiger partial charge in [-0.05, 0) is 89.2 Å². The smallest absolute Gasteiger partial charge is 0.248 e.